The number of hydrogen-bond acceptors (Lipinski definition) is 2. The van der Waals surface area contributed by atoms with Crippen LogP contribution in [0.25, 0.3) is 0 Å². The summed E-state index contributed by atoms with van der Waals surface area (Å²) in [6.07, 6.45) is 6.40. The molecule has 1 heterocycles. The summed E-state index contributed by atoms with van der Waals surface area (Å²) in [7, 11) is 0. The molecule has 1 saturated heterocycles. The summed E-state index contributed by atoms with van der Waals surface area (Å²) < 4.78 is 5.51. The monoisotopic (exact) mass is 230 g/mol. The highest BCUT2D eigenvalue weighted by Crippen LogP contribution is 2.44. The molecule has 3 atom stereocenters. The summed E-state index contributed by atoms with van der Waals surface area (Å²) in [5, 5.41) is 0. The number of hydrogen-bond donors (Lipinski definition) is 0. The third-order valence-corrected chi connectivity index (χ3v) is 4.47. The van der Waals surface area contributed by atoms with Crippen LogP contribution in [0.15, 0.2) is 34.4 Å². The lowest BCUT2D eigenvalue weighted by atomic mass is 9.85. The van der Waals surface area contributed by atoms with E-state index in [9.17, 15) is 4.79 Å². The first-order valence-corrected chi connectivity index (χ1v) is 6.36. The van der Waals surface area contributed by atoms with E-state index in [1.165, 1.54) is 22.3 Å². The van der Waals surface area contributed by atoms with Gasteiger partial charge in [0.15, 0.2) is 0 Å². The van der Waals surface area contributed by atoms with Crippen molar-refractivity contribution >= 4 is 5.97 Å². The number of fused-ring (bicyclic) bond motifs is 2. The summed E-state index contributed by atoms with van der Waals surface area (Å²) in [5.41, 5.74) is 5.54. The topological polar surface area (TPSA) is 26.3 Å². The molecular weight excluding hydrogens is 212 g/mol. The fourth-order valence-corrected chi connectivity index (χ4v) is 3.28. The zero-order chi connectivity index (χ0) is 12.2. The van der Waals surface area contributed by atoms with Crippen LogP contribution < -0.4 is 0 Å². The second-order valence-corrected chi connectivity index (χ2v) is 5.53. The summed E-state index contributed by atoms with van der Waals surface area (Å²) >= 11 is 0. The van der Waals surface area contributed by atoms with Crippen molar-refractivity contribution < 1.29 is 9.53 Å². The molecular formula is C15H18O2. The molecule has 0 aromatic carbocycles. The lowest BCUT2D eigenvalue weighted by molar-refractivity contribution is -0.143. The van der Waals surface area contributed by atoms with Gasteiger partial charge < -0.3 is 4.74 Å². The molecule has 0 aromatic heterocycles. The minimum Gasteiger partial charge on any atom is -0.461 e. The number of rotatable bonds is 0. The van der Waals surface area contributed by atoms with Crippen LogP contribution in [0, 0.1) is 11.8 Å². The van der Waals surface area contributed by atoms with E-state index in [0.717, 1.165) is 12.8 Å². The number of allylic oxidation sites excluding steroid dienone is 5. The van der Waals surface area contributed by atoms with E-state index < -0.39 is 0 Å². The van der Waals surface area contributed by atoms with Gasteiger partial charge in [-0.05, 0) is 37.0 Å². The predicted octanol–water partition coefficient (Wildman–Crippen LogP) is 3.16. The van der Waals surface area contributed by atoms with E-state index in [2.05, 4.69) is 26.0 Å². The van der Waals surface area contributed by atoms with Crippen molar-refractivity contribution in [1.29, 1.82) is 0 Å². The standard InChI is InChI=1S/C15H18O2/c1-8-4-5-11-9(2)6-14-13(7-12(8)11)10(3)15(16)17-14/h4-5,10,13-14H,6-7H2,1-3H3. The Morgan fingerprint density at radius 3 is 2.76 bits per heavy atom. The van der Waals surface area contributed by atoms with E-state index in [-0.39, 0.29) is 18.0 Å². The van der Waals surface area contributed by atoms with Crippen LogP contribution in [0.4, 0.5) is 0 Å². The molecule has 0 saturated carbocycles. The maximum absolute atomic E-state index is 11.7. The summed E-state index contributed by atoms with van der Waals surface area (Å²) in [5.74, 6) is 0.397. The van der Waals surface area contributed by atoms with Crippen molar-refractivity contribution in [2.75, 3.05) is 0 Å². The van der Waals surface area contributed by atoms with E-state index >= 15 is 0 Å². The van der Waals surface area contributed by atoms with E-state index in [0.29, 0.717) is 5.92 Å². The molecule has 0 N–H and O–H groups in total. The Morgan fingerprint density at radius 1 is 1.24 bits per heavy atom. The minimum atomic E-state index is -0.0135. The zero-order valence-electron chi connectivity index (χ0n) is 10.6. The van der Waals surface area contributed by atoms with Crippen molar-refractivity contribution in [1.82, 2.24) is 0 Å². The molecule has 3 rings (SSSR count). The molecule has 0 aromatic rings. The Kier molecular flexibility index (Phi) is 2.29. The average Bonchev–Trinajstić information content (AvgIpc) is 2.71. The van der Waals surface area contributed by atoms with Crippen molar-refractivity contribution in [3.8, 4) is 0 Å². The van der Waals surface area contributed by atoms with Gasteiger partial charge in [0.2, 0.25) is 0 Å². The van der Waals surface area contributed by atoms with Gasteiger partial charge in [-0.25, -0.2) is 0 Å². The van der Waals surface area contributed by atoms with Gasteiger partial charge in [-0.15, -0.1) is 0 Å². The molecule has 0 amide bonds. The van der Waals surface area contributed by atoms with Gasteiger partial charge in [0.05, 0.1) is 5.92 Å². The van der Waals surface area contributed by atoms with Crippen LogP contribution in [0.1, 0.15) is 33.6 Å². The van der Waals surface area contributed by atoms with Crippen LogP contribution in [0.2, 0.25) is 0 Å². The molecule has 1 aliphatic heterocycles. The molecule has 2 aliphatic carbocycles. The van der Waals surface area contributed by atoms with Gasteiger partial charge in [-0.2, -0.15) is 0 Å². The van der Waals surface area contributed by atoms with Crippen LogP contribution >= 0.6 is 0 Å². The van der Waals surface area contributed by atoms with Crippen LogP contribution in [0.3, 0.4) is 0 Å². The van der Waals surface area contributed by atoms with Gasteiger partial charge >= 0.3 is 5.97 Å². The van der Waals surface area contributed by atoms with Gasteiger partial charge in [0.25, 0.3) is 0 Å². The van der Waals surface area contributed by atoms with E-state index in [1.54, 1.807) is 0 Å². The minimum absolute atomic E-state index is 0.0135. The highest BCUT2D eigenvalue weighted by molar-refractivity contribution is 5.75. The Balaban J connectivity index is 2.02. The molecule has 2 heteroatoms. The molecule has 0 bridgehead atoms. The number of carbonyl (C=O) groups excluding carboxylic acids is 1. The van der Waals surface area contributed by atoms with Crippen molar-refractivity contribution in [3.05, 3.63) is 34.4 Å². The van der Waals surface area contributed by atoms with E-state index in [1.807, 2.05) is 6.92 Å². The van der Waals surface area contributed by atoms with Crippen LogP contribution in [-0.2, 0) is 9.53 Å². The number of ether oxygens (including phenoxy) is 1. The lowest BCUT2D eigenvalue weighted by Crippen LogP contribution is -2.18. The van der Waals surface area contributed by atoms with Crippen LogP contribution in [-0.4, -0.2) is 12.1 Å². The van der Waals surface area contributed by atoms with Gasteiger partial charge in [-0.3, -0.25) is 4.79 Å². The fourth-order valence-electron chi connectivity index (χ4n) is 3.28. The maximum atomic E-state index is 11.7. The molecule has 1 fully saturated rings. The normalized spacial score (nSPS) is 35.9. The quantitative estimate of drug-likeness (QED) is 0.597. The van der Waals surface area contributed by atoms with Gasteiger partial charge in [-0.1, -0.05) is 24.6 Å². The predicted molar refractivity (Wildman–Crippen MR) is 66.3 cm³/mol. The first-order valence-electron chi connectivity index (χ1n) is 6.36. The number of esters is 1. The smallest absolute Gasteiger partial charge is 0.309 e. The fraction of sp³-hybridized carbons (Fsp3) is 0.533. The lowest BCUT2D eigenvalue weighted by Gasteiger charge is -2.17. The second-order valence-electron chi connectivity index (χ2n) is 5.53. The van der Waals surface area contributed by atoms with E-state index in [4.69, 9.17) is 4.74 Å². The maximum Gasteiger partial charge on any atom is 0.309 e. The Bertz CT molecular complexity index is 479. The first kappa shape index (κ1) is 10.8. The molecule has 0 radical (unpaired) electrons. The van der Waals surface area contributed by atoms with Crippen molar-refractivity contribution in [3.63, 3.8) is 0 Å². The van der Waals surface area contributed by atoms with Crippen LogP contribution in [0.5, 0.6) is 0 Å². The number of carbonyl (C=O) groups is 1. The van der Waals surface area contributed by atoms with Crippen molar-refractivity contribution in [2.45, 2.75) is 39.7 Å². The van der Waals surface area contributed by atoms with Gasteiger partial charge in [0.1, 0.15) is 6.10 Å². The highest BCUT2D eigenvalue weighted by atomic mass is 16.6. The Hall–Kier alpha value is -1.31. The molecule has 17 heavy (non-hydrogen) atoms. The Labute approximate surface area is 102 Å². The summed E-state index contributed by atoms with van der Waals surface area (Å²) in [6.45, 7) is 6.33. The highest BCUT2D eigenvalue weighted by Gasteiger charge is 2.44. The largest absolute Gasteiger partial charge is 0.461 e. The average molecular weight is 230 g/mol. The van der Waals surface area contributed by atoms with Gasteiger partial charge in [0, 0.05) is 12.3 Å². The molecule has 2 nitrogen and oxygen atoms in total. The Morgan fingerprint density at radius 2 is 2.00 bits per heavy atom. The summed E-state index contributed by atoms with van der Waals surface area (Å²) in [6, 6.07) is 0. The third-order valence-electron chi connectivity index (χ3n) is 4.47. The first-order chi connectivity index (χ1) is 8.08. The summed E-state index contributed by atoms with van der Waals surface area (Å²) in [4.78, 5) is 11.7. The molecule has 3 unspecified atom stereocenters. The second kappa shape index (κ2) is 3.59. The van der Waals surface area contributed by atoms with Crippen molar-refractivity contribution in [2.24, 2.45) is 11.8 Å². The molecule has 0 spiro atoms. The third kappa shape index (κ3) is 1.50. The molecule has 90 valence electrons. The molecule has 3 aliphatic rings. The zero-order valence-corrected chi connectivity index (χ0v) is 10.6. The SMILES string of the molecule is CC1=C2CC3C(CC(C)=C2C=C1)OC(=O)C3C.